The van der Waals surface area contributed by atoms with Gasteiger partial charge in [-0.05, 0) is 132 Å². The van der Waals surface area contributed by atoms with Crippen LogP contribution in [0.3, 0.4) is 0 Å². The van der Waals surface area contributed by atoms with Gasteiger partial charge in [0.25, 0.3) is 12.0 Å². The Morgan fingerprint density at radius 2 is 1.67 bits per heavy atom. The van der Waals surface area contributed by atoms with Crippen LogP contribution in [0.2, 0.25) is 0 Å². The lowest BCUT2D eigenvalue weighted by atomic mass is 9.87. The fourth-order valence-electron chi connectivity index (χ4n) is 6.70. The number of amides is 1. The zero-order chi connectivity index (χ0) is 41.0. The molecule has 0 aliphatic carbocycles. The maximum atomic E-state index is 16.2. The first-order valence-corrected chi connectivity index (χ1v) is 18.0. The van der Waals surface area contributed by atoms with Crippen molar-refractivity contribution >= 4 is 11.9 Å². The van der Waals surface area contributed by atoms with Crippen LogP contribution in [0, 0.1) is 18.6 Å². The molecule has 2 N–H and O–H groups in total. The number of nitrogens with zero attached hydrogens (tertiary/aromatic N) is 1. The first-order valence-electron chi connectivity index (χ1n) is 18.0. The number of esters is 1. The second-order valence-corrected chi connectivity index (χ2v) is 13.5. The monoisotopic (exact) mass is 779 g/mol. The Kier molecular flexibility index (Phi) is 16.5. The molecule has 14 heteroatoms. The zero-order valence-electron chi connectivity index (χ0n) is 31.5. The maximum absolute atomic E-state index is 16.2. The Hall–Kier alpha value is -4.72. The number of hydrogen-bond acceptors (Lipinski definition) is 5. The van der Waals surface area contributed by atoms with Gasteiger partial charge in [0.05, 0.1) is 30.6 Å². The van der Waals surface area contributed by atoms with Gasteiger partial charge in [-0.3, -0.25) is 14.4 Å². The summed E-state index contributed by atoms with van der Waals surface area (Å²) < 4.78 is 109. The average Bonchev–Trinajstić information content (AvgIpc) is 3.09. The third kappa shape index (κ3) is 11.9. The molecule has 2 atom stereocenters. The number of pyridine rings is 1. The molecule has 0 saturated heterocycles. The molecule has 0 fully saturated rings. The number of halogens is 7. The van der Waals surface area contributed by atoms with Gasteiger partial charge in [0.1, 0.15) is 11.6 Å². The van der Waals surface area contributed by atoms with Crippen LogP contribution < -0.4 is 10.9 Å². The molecule has 0 saturated carbocycles. The topological polar surface area (TPSA) is 91.5 Å². The van der Waals surface area contributed by atoms with Gasteiger partial charge in [-0.15, -0.1) is 13.2 Å². The van der Waals surface area contributed by atoms with Crippen molar-refractivity contribution in [3.05, 3.63) is 117 Å². The van der Waals surface area contributed by atoms with E-state index in [-0.39, 0.29) is 48.1 Å². The van der Waals surface area contributed by atoms with Crippen LogP contribution in [0.5, 0.6) is 0 Å². The number of aryl methyl sites for hydroxylation is 3. The summed E-state index contributed by atoms with van der Waals surface area (Å²) in [5.74, 6) is -6.25. The normalized spacial score (nSPS) is 12.8. The molecule has 0 spiro atoms. The first kappa shape index (κ1) is 44.7. The Balaban J connectivity index is 2.28. The van der Waals surface area contributed by atoms with Gasteiger partial charge in [-0.1, -0.05) is 12.2 Å². The minimum atomic E-state index is -5.26. The van der Waals surface area contributed by atoms with Crippen molar-refractivity contribution in [1.29, 1.82) is 0 Å². The van der Waals surface area contributed by atoms with E-state index in [1.165, 1.54) is 26.0 Å². The van der Waals surface area contributed by atoms with Crippen LogP contribution in [0.4, 0.5) is 30.7 Å². The van der Waals surface area contributed by atoms with E-state index in [1.54, 1.807) is 20.2 Å². The molecule has 0 unspecified atom stereocenters. The number of rotatable bonds is 20. The highest BCUT2D eigenvalue weighted by molar-refractivity contribution is 5.85. The summed E-state index contributed by atoms with van der Waals surface area (Å²) >= 11 is 0. The van der Waals surface area contributed by atoms with Crippen LogP contribution in [-0.2, 0) is 33.3 Å². The van der Waals surface area contributed by atoms with E-state index in [0.29, 0.717) is 43.9 Å². The molecule has 2 aromatic carbocycles. The maximum Gasteiger partial charge on any atom is 0.419 e. The van der Waals surface area contributed by atoms with Crippen LogP contribution in [0.15, 0.2) is 60.6 Å². The van der Waals surface area contributed by atoms with E-state index in [9.17, 15) is 40.7 Å². The highest BCUT2D eigenvalue weighted by Crippen LogP contribution is 2.41. The van der Waals surface area contributed by atoms with Crippen molar-refractivity contribution in [3.63, 3.8) is 0 Å². The SMILES string of the molecule is C=CCCCCc1cc(F)cc(C)c1-c1cc([C@H](CC(=O)OCC)NC(=O)[C@@H](CC=C)c2c(C(F)F)c(CCCN(C)C)c[nH]c2=O)c(F)c(C(F)(F)F)c1. The predicted molar refractivity (Wildman–Crippen MR) is 198 cm³/mol. The van der Waals surface area contributed by atoms with Gasteiger partial charge in [-0.2, -0.15) is 13.2 Å². The Bertz CT molecular complexity index is 1890. The third-order valence-corrected chi connectivity index (χ3v) is 9.14. The summed E-state index contributed by atoms with van der Waals surface area (Å²) in [5, 5.41) is 2.39. The summed E-state index contributed by atoms with van der Waals surface area (Å²) in [6, 6.07) is 2.12. The fraction of sp³-hybridized carbons (Fsp3) is 0.439. The second kappa shape index (κ2) is 20.3. The van der Waals surface area contributed by atoms with Crippen LogP contribution >= 0.6 is 0 Å². The summed E-state index contributed by atoms with van der Waals surface area (Å²) in [5.41, 5.74) is -4.00. The largest absolute Gasteiger partial charge is 0.466 e. The van der Waals surface area contributed by atoms with Crippen molar-refractivity contribution in [3.8, 4) is 11.1 Å². The molecular weight excluding hydrogens is 731 g/mol. The number of hydrogen-bond donors (Lipinski definition) is 2. The smallest absolute Gasteiger partial charge is 0.419 e. The molecule has 3 aromatic rings. The summed E-state index contributed by atoms with van der Waals surface area (Å²) in [6.07, 6.45) is -2.99. The van der Waals surface area contributed by atoms with Crippen LogP contribution in [0.1, 0.15) is 103 Å². The number of unbranched alkanes of at least 4 members (excludes halogenated alkanes) is 2. The molecule has 1 heterocycles. The number of carbonyl (C=O) groups is 2. The molecule has 55 heavy (non-hydrogen) atoms. The molecule has 7 nitrogen and oxygen atoms in total. The van der Waals surface area contributed by atoms with Gasteiger partial charge in [0, 0.05) is 22.9 Å². The number of alkyl halides is 5. The summed E-state index contributed by atoms with van der Waals surface area (Å²) in [4.78, 5) is 44.5. The van der Waals surface area contributed by atoms with E-state index >= 15 is 4.39 Å². The van der Waals surface area contributed by atoms with E-state index < -0.39 is 82.3 Å². The van der Waals surface area contributed by atoms with E-state index in [1.807, 2.05) is 4.90 Å². The molecule has 0 aliphatic rings. The number of H-pyrrole nitrogens is 1. The lowest BCUT2D eigenvalue weighted by Gasteiger charge is -2.26. The van der Waals surface area contributed by atoms with Crippen molar-refractivity contribution in [2.45, 2.75) is 89.8 Å². The number of carbonyl (C=O) groups excluding carboxylic acids is 2. The molecular formula is C41H48F7N3O4. The van der Waals surface area contributed by atoms with Crippen LogP contribution in [-0.4, -0.2) is 49.0 Å². The average molecular weight is 780 g/mol. The van der Waals surface area contributed by atoms with Gasteiger partial charge < -0.3 is 19.9 Å². The number of benzene rings is 2. The molecule has 0 bridgehead atoms. The minimum absolute atomic E-state index is 0.0833. The van der Waals surface area contributed by atoms with Crippen molar-refractivity contribution in [1.82, 2.24) is 15.2 Å². The van der Waals surface area contributed by atoms with Crippen molar-refractivity contribution in [2.24, 2.45) is 0 Å². The Labute approximate surface area is 316 Å². The standard InChI is InChI=1S/C41H48F7N3O4/c1-7-10-11-12-15-25-19-28(42)18-24(4)34(25)27-20-30(37(43)31(21-27)41(46,47)48)32(22-33(52)55-9-3)50-39(53)29(14-8-2)36-35(38(44)45)26(23-49-40(36)54)16-13-17-51(5)6/h7-8,18-21,23,29,32,38H,1-2,9-17,22H2,3-6H3,(H,49,54)(H,50,53)/t29-,32-/m0/s1. The highest BCUT2D eigenvalue weighted by atomic mass is 19.4. The molecule has 1 amide bonds. The van der Waals surface area contributed by atoms with Gasteiger partial charge >= 0.3 is 12.1 Å². The van der Waals surface area contributed by atoms with Crippen molar-refractivity contribution in [2.75, 3.05) is 27.2 Å². The number of ether oxygens (including phenoxy) is 1. The lowest BCUT2D eigenvalue weighted by molar-refractivity contribution is -0.143. The predicted octanol–water partition coefficient (Wildman–Crippen LogP) is 9.45. The summed E-state index contributed by atoms with van der Waals surface area (Å²) in [7, 11) is 3.59. The van der Waals surface area contributed by atoms with E-state index in [2.05, 4.69) is 23.5 Å². The summed E-state index contributed by atoms with van der Waals surface area (Å²) in [6.45, 7) is 10.6. The third-order valence-electron chi connectivity index (χ3n) is 9.14. The minimum Gasteiger partial charge on any atom is -0.466 e. The fourth-order valence-corrected chi connectivity index (χ4v) is 6.70. The van der Waals surface area contributed by atoms with E-state index in [4.69, 9.17) is 4.74 Å². The number of aromatic nitrogens is 1. The lowest BCUT2D eigenvalue weighted by Crippen LogP contribution is -2.37. The molecule has 1 aromatic heterocycles. The van der Waals surface area contributed by atoms with Gasteiger partial charge in [-0.25, -0.2) is 17.6 Å². The number of aromatic amines is 1. The molecule has 300 valence electrons. The second-order valence-electron chi connectivity index (χ2n) is 13.5. The Morgan fingerprint density at radius 1 is 0.982 bits per heavy atom. The first-order chi connectivity index (χ1) is 25.9. The molecule has 0 aliphatic heterocycles. The molecule has 0 radical (unpaired) electrons. The van der Waals surface area contributed by atoms with Crippen molar-refractivity contribution < 1.29 is 45.1 Å². The Morgan fingerprint density at radius 3 is 2.27 bits per heavy atom. The molecule has 3 rings (SSSR count). The van der Waals surface area contributed by atoms with Gasteiger partial charge in [0.2, 0.25) is 5.91 Å². The highest BCUT2D eigenvalue weighted by Gasteiger charge is 2.39. The number of allylic oxidation sites excluding steroid dienone is 2. The van der Waals surface area contributed by atoms with Gasteiger partial charge in [0.15, 0.2) is 0 Å². The number of nitrogens with one attached hydrogen (secondary N) is 2. The zero-order valence-corrected chi connectivity index (χ0v) is 31.5. The quantitative estimate of drug-likeness (QED) is 0.0516. The van der Waals surface area contributed by atoms with Crippen LogP contribution in [0.25, 0.3) is 11.1 Å². The van der Waals surface area contributed by atoms with E-state index in [0.717, 1.165) is 18.3 Å².